The Labute approximate surface area is 82.6 Å². The Hall–Kier alpha value is 0.584. The van der Waals surface area contributed by atoms with Crippen molar-refractivity contribution < 1.29 is 25.7 Å². The van der Waals surface area contributed by atoms with Crippen LogP contribution in [0.4, 0.5) is 0 Å². The van der Waals surface area contributed by atoms with Crippen LogP contribution in [0.1, 0.15) is 27.2 Å². The summed E-state index contributed by atoms with van der Waals surface area (Å²) >= 11 is -1.86. The summed E-state index contributed by atoms with van der Waals surface area (Å²) in [5.41, 5.74) is 0. The quantitative estimate of drug-likeness (QED) is 0.688. The van der Waals surface area contributed by atoms with Crippen LogP contribution >= 0.6 is 0 Å². The van der Waals surface area contributed by atoms with E-state index in [-0.39, 0.29) is 0 Å². The van der Waals surface area contributed by atoms with Gasteiger partial charge in [0.2, 0.25) is 0 Å². The summed E-state index contributed by atoms with van der Waals surface area (Å²) in [6.45, 7) is 7.23. The monoisotopic (exact) mass is 241 g/mol. The van der Waals surface area contributed by atoms with Crippen molar-refractivity contribution in [3.63, 3.8) is 0 Å². The molecule has 0 spiro atoms. The Morgan fingerprint density at radius 1 is 1.17 bits per heavy atom. The van der Waals surface area contributed by atoms with Crippen LogP contribution in [0.15, 0.2) is 20.6 Å². The third kappa shape index (κ3) is 1.91. The average Bonchev–Trinajstić information content (AvgIpc) is 2.62. The van der Waals surface area contributed by atoms with Gasteiger partial charge in [-0.2, -0.15) is 0 Å². The first-order chi connectivity index (χ1) is 5.79. The van der Waals surface area contributed by atoms with Crippen LogP contribution in [0.3, 0.4) is 0 Å². The zero-order valence-electron chi connectivity index (χ0n) is 8.64. The summed E-state index contributed by atoms with van der Waals surface area (Å²) in [7, 11) is 0. The van der Waals surface area contributed by atoms with E-state index in [4.69, 9.17) is 0 Å². The van der Waals surface area contributed by atoms with Crippen molar-refractivity contribution in [2.75, 3.05) is 0 Å². The summed E-state index contributed by atoms with van der Waals surface area (Å²) in [6.07, 6.45) is 8.28. The summed E-state index contributed by atoms with van der Waals surface area (Å²) in [5.74, 6) is 0. The normalized spacial score (nSPS) is 16.8. The molecule has 12 heavy (non-hydrogen) atoms. The van der Waals surface area contributed by atoms with Gasteiger partial charge in [-0.25, -0.2) is 0 Å². The van der Waals surface area contributed by atoms with Crippen LogP contribution in [0.2, 0.25) is 9.69 Å². The molecule has 0 amide bonds. The SMILES string of the molecule is C[CH2][Y]([CH2]C)([CH2]C)[C]1=CC=CC1. The Morgan fingerprint density at radius 3 is 2.08 bits per heavy atom. The molecule has 0 bridgehead atoms. The first-order valence-corrected chi connectivity index (χ1v) is 12.8. The van der Waals surface area contributed by atoms with Crippen molar-refractivity contribution in [1.82, 2.24) is 0 Å². The number of hydrogen-bond donors (Lipinski definition) is 0. The van der Waals surface area contributed by atoms with Gasteiger partial charge in [0.05, 0.1) is 0 Å². The number of allylic oxidation sites excluding steroid dienone is 4. The van der Waals surface area contributed by atoms with E-state index in [9.17, 15) is 0 Å². The van der Waals surface area contributed by atoms with Gasteiger partial charge in [0, 0.05) is 0 Å². The Morgan fingerprint density at radius 2 is 1.75 bits per heavy atom. The number of hydrogen-bond acceptors (Lipinski definition) is 0. The molecule has 1 aliphatic rings. The van der Waals surface area contributed by atoms with Gasteiger partial charge >= 0.3 is 83.2 Å². The Kier molecular flexibility index (Phi) is 4.19. The molecule has 0 fully saturated rings. The topological polar surface area (TPSA) is 0 Å². The van der Waals surface area contributed by atoms with Gasteiger partial charge in [-0.15, -0.1) is 0 Å². The maximum absolute atomic E-state index is 2.41. The van der Waals surface area contributed by atoms with Crippen molar-refractivity contribution in [1.29, 1.82) is 0 Å². The molecule has 0 atom stereocenters. The second-order valence-electron chi connectivity index (χ2n) is 4.08. The molecular formula is C11H20Y. The summed E-state index contributed by atoms with van der Waals surface area (Å²) in [6, 6.07) is 0. The minimum atomic E-state index is -1.86. The first-order valence-electron chi connectivity index (χ1n) is 5.35. The van der Waals surface area contributed by atoms with Crippen molar-refractivity contribution >= 4 is 0 Å². The first kappa shape index (κ1) is 10.7. The predicted octanol–water partition coefficient (Wildman–Crippen LogP) is 4.30. The van der Waals surface area contributed by atoms with E-state index in [0.717, 1.165) is 0 Å². The van der Waals surface area contributed by atoms with Crippen LogP contribution < -0.4 is 0 Å². The fraction of sp³-hybridized carbons (Fsp3) is 0.636. The van der Waals surface area contributed by atoms with E-state index in [1.54, 1.807) is 0 Å². The zero-order valence-corrected chi connectivity index (χ0v) is 11.5. The zero-order chi connectivity index (χ0) is 9.03. The standard InChI is InChI=1S/C5H5.3C2H5.Y/c1-2-4-5-3-1;3*1-2;/h1-3H,4H2;3*1H2,2H3;. The molecule has 0 unspecified atom stereocenters. The molecular weight excluding hydrogens is 221 g/mol. The van der Waals surface area contributed by atoms with Gasteiger partial charge in [-0.3, -0.25) is 0 Å². The molecule has 0 aromatic heterocycles. The Bertz CT molecular complexity index is 189. The van der Waals surface area contributed by atoms with E-state index in [0.29, 0.717) is 0 Å². The molecule has 0 heterocycles. The third-order valence-corrected chi connectivity index (χ3v) is 20.4. The summed E-state index contributed by atoms with van der Waals surface area (Å²) in [5, 5.41) is 0. The van der Waals surface area contributed by atoms with Gasteiger partial charge < -0.3 is 0 Å². The van der Waals surface area contributed by atoms with Gasteiger partial charge in [-0.05, 0) is 0 Å². The molecule has 67 valence electrons. The third-order valence-electron chi connectivity index (χ3n) is 3.93. The average molecular weight is 241 g/mol. The molecule has 0 saturated carbocycles. The molecule has 0 N–H and O–H groups in total. The van der Waals surface area contributed by atoms with Crippen LogP contribution in [0, 0.1) is 0 Å². The van der Waals surface area contributed by atoms with E-state index in [1.807, 2.05) is 2.38 Å². The van der Waals surface area contributed by atoms with E-state index in [2.05, 4.69) is 39.0 Å². The van der Waals surface area contributed by atoms with Crippen LogP contribution in [0.5, 0.6) is 0 Å². The van der Waals surface area contributed by atoms with Crippen LogP contribution in [-0.2, 0) is 25.7 Å². The van der Waals surface area contributed by atoms with Crippen molar-refractivity contribution in [3.05, 3.63) is 20.6 Å². The van der Waals surface area contributed by atoms with Gasteiger partial charge in [-0.1, -0.05) is 0 Å². The van der Waals surface area contributed by atoms with Crippen LogP contribution in [0.25, 0.3) is 0 Å². The molecule has 1 aliphatic carbocycles. The van der Waals surface area contributed by atoms with Gasteiger partial charge in [0.1, 0.15) is 0 Å². The van der Waals surface area contributed by atoms with Crippen LogP contribution in [-0.4, -0.2) is 0 Å². The maximum atomic E-state index is 2.41. The molecule has 1 heteroatoms. The molecule has 0 radical (unpaired) electrons. The predicted molar refractivity (Wildman–Crippen MR) is 53.3 cm³/mol. The number of rotatable bonds is 4. The van der Waals surface area contributed by atoms with Gasteiger partial charge in [0.25, 0.3) is 0 Å². The van der Waals surface area contributed by atoms with E-state index in [1.165, 1.54) is 16.1 Å². The van der Waals surface area contributed by atoms with Crippen molar-refractivity contribution in [2.24, 2.45) is 0 Å². The second-order valence-corrected chi connectivity index (χ2v) is 19.2. The molecule has 0 aliphatic heterocycles. The molecule has 0 aromatic carbocycles. The Balaban J connectivity index is 2.77. The summed E-state index contributed by atoms with van der Waals surface area (Å²) in [4.78, 5) is 0. The molecule has 1 rings (SSSR count). The summed E-state index contributed by atoms with van der Waals surface area (Å²) < 4.78 is 6.38. The van der Waals surface area contributed by atoms with Crippen molar-refractivity contribution in [3.8, 4) is 0 Å². The fourth-order valence-electron chi connectivity index (χ4n) is 2.57. The molecule has 0 saturated heterocycles. The van der Waals surface area contributed by atoms with Crippen molar-refractivity contribution in [2.45, 2.75) is 36.9 Å². The van der Waals surface area contributed by atoms with E-state index < -0.39 is 25.7 Å². The molecule has 0 nitrogen and oxygen atoms in total. The molecule has 0 aromatic rings. The van der Waals surface area contributed by atoms with Gasteiger partial charge in [0.15, 0.2) is 0 Å². The minimum absolute atomic E-state index is 1.29. The fourth-order valence-corrected chi connectivity index (χ4v) is 13.5. The van der Waals surface area contributed by atoms with E-state index >= 15 is 0 Å². The second kappa shape index (κ2) is 4.72.